The van der Waals surface area contributed by atoms with Crippen molar-refractivity contribution in [3.8, 4) is 0 Å². The van der Waals surface area contributed by atoms with Gasteiger partial charge in [-0.3, -0.25) is 0 Å². The van der Waals surface area contributed by atoms with E-state index in [2.05, 4.69) is 17.3 Å². The Morgan fingerprint density at radius 3 is 2.63 bits per heavy atom. The normalized spacial score (nSPS) is 22.1. The first-order chi connectivity index (χ1) is 9.16. The Balaban J connectivity index is 1.78. The third-order valence-corrected chi connectivity index (χ3v) is 4.09. The molecular formula is C14H25N3O2. The van der Waals surface area contributed by atoms with Crippen LogP contribution in [0.1, 0.15) is 25.7 Å². The van der Waals surface area contributed by atoms with Crippen molar-refractivity contribution in [2.24, 2.45) is 0 Å². The van der Waals surface area contributed by atoms with Gasteiger partial charge in [0.15, 0.2) is 0 Å². The van der Waals surface area contributed by atoms with Crippen molar-refractivity contribution < 1.29 is 9.53 Å². The van der Waals surface area contributed by atoms with Crippen LogP contribution < -0.4 is 5.32 Å². The first kappa shape index (κ1) is 14.3. The molecule has 1 N–H and O–H groups in total. The summed E-state index contributed by atoms with van der Waals surface area (Å²) in [7, 11) is 4.03. The Hall–Kier alpha value is -1.07. The standard InChI is InChI=1S/C14H25N3O2/c1-16-7-3-13(4-8-16)17(2)14(18)15-11-12-5-9-19-10-6-12/h11,13H,3-10H2,1-2H3,(H,15,18). The largest absolute Gasteiger partial charge is 0.381 e. The number of carbonyl (C=O) groups is 1. The third kappa shape index (κ3) is 4.21. The Bertz CT molecular complexity index is 328. The maximum atomic E-state index is 12.1. The Labute approximate surface area is 115 Å². The third-order valence-electron chi connectivity index (χ3n) is 4.09. The van der Waals surface area contributed by atoms with Gasteiger partial charge in [0.05, 0.1) is 13.2 Å². The summed E-state index contributed by atoms with van der Waals surface area (Å²) in [5.74, 6) is 0. The molecular weight excluding hydrogens is 242 g/mol. The highest BCUT2D eigenvalue weighted by molar-refractivity contribution is 5.75. The molecule has 0 aromatic carbocycles. The smallest absolute Gasteiger partial charge is 0.321 e. The SMILES string of the molecule is CN1CCC(N(C)C(=O)NC=C2CCOCC2)CC1. The minimum Gasteiger partial charge on any atom is -0.381 e. The van der Waals surface area contributed by atoms with Crippen molar-refractivity contribution in [2.45, 2.75) is 31.7 Å². The van der Waals surface area contributed by atoms with Crippen molar-refractivity contribution in [2.75, 3.05) is 40.4 Å². The number of amides is 2. The molecule has 0 aromatic rings. The average molecular weight is 267 g/mol. The van der Waals surface area contributed by atoms with Gasteiger partial charge in [0.25, 0.3) is 0 Å². The zero-order chi connectivity index (χ0) is 13.7. The van der Waals surface area contributed by atoms with Gasteiger partial charge in [-0.15, -0.1) is 0 Å². The number of piperidine rings is 1. The molecule has 0 spiro atoms. The summed E-state index contributed by atoms with van der Waals surface area (Å²) in [5.41, 5.74) is 1.27. The van der Waals surface area contributed by atoms with Crippen LogP contribution in [0.25, 0.3) is 0 Å². The van der Waals surface area contributed by atoms with E-state index in [1.807, 2.05) is 18.1 Å². The second kappa shape index (κ2) is 6.91. The van der Waals surface area contributed by atoms with Crippen LogP contribution in [0, 0.1) is 0 Å². The first-order valence-electron chi connectivity index (χ1n) is 7.14. The molecule has 0 atom stereocenters. The molecule has 0 radical (unpaired) electrons. The van der Waals surface area contributed by atoms with Crippen LogP contribution in [0.2, 0.25) is 0 Å². The van der Waals surface area contributed by atoms with E-state index in [1.54, 1.807) is 0 Å². The quantitative estimate of drug-likeness (QED) is 0.823. The lowest BCUT2D eigenvalue weighted by Crippen LogP contribution is -2.47. The van der Waals surface area contributed by atoms with Crippen LogP contribution in [0.15, 0.2) is 11.8 Å². The van der Waals surface area contributed by atoms with Gasteiger partial charge in [0.1, 0.15) is 0 Å². The van der Waals surface area contributed by atoms with Crippen LogP contribution >= 0.6 is 0 Å². The van der Waals surface area contributed by atoms with E-state index < -0.39 is 0 Å². The molecule has 0 bridgehead atoms. The monoisotopic (exact) mass is 267 g/mol. The number of carbonyl (C=O) groups excluding carboxylic acids is 1. The maximum absolute atomic E-state index is 12.1. The molecule has 2 saturated heterocycles. The maximum Gasteiger partial charge on any atom is 0.321 e. The van der Waals surface area contributed by atoms with Crippen molar-refractivity contribution in [1.82, 2.24) is 15.1 Å². The van der Waals surface area contributed by atoms with E-state index in [1.165, 1.54) is 5.57 Å². The zero-order valence-electron chi connectivity index (χ0n) is 12.0. The second-order valence-corrected chi connectivity index (χ2v) is 5.51. The average Bonchev–Trinajstić information content (AvgIpc) is 2.46. The van der Waals surface area contributed by atoms with Crippen LogP contribution in [0.4, 0.5) is 4.79 Å². The Morgan fingerprint density at radius 1 is 1.37 bits per heavy atom. The van der Waals surface area contributed by atoms with Crippen LogP contribution in [0.3, 0.4) is 0 Å². The number of rotatable bonds is 2. The van der Waals surface area contributed by atoms with Gasteiger partial charge in [-0.25, -0.2) is 4.79 Å². The van der Waals surface area contributed by atoms with Gasteiger partial charge in [-0.05, 0) is 51.4 Å². The second-order valence-electron chi connectivity index (χ2n) is 5.51. The summed E-state index contributed by atoms with van der Waals surface area (Å²) in [4.78, 5) is 16.3. The highest BCUT2D eigenvalue weighted by atomic mass is 16.5. The Morgan fingerprint density at radius 2 is 2.00 bits per heavy atom. The fourth-order valence-electron chi connectivity index (χ4n) is 2.59. The number of urea groups is 1. The topological polar surface area (TPSA) is 44.8 Å². The fourth-order valence-corrected chi connectivity index (χ4v) is 2.59. The minimum atomic E-state index is 0.00791. The van der Waals surface area contributed by atoms with E-state index >= 15 is 0 Å². The van der Waals surface area contributed by atoms with Gasteiger partial charge >= 0.3 is 6.03 Å². The molecule has 0 aromatic heterocycles. The van der Waals surface area contributed by atoms with Crippen LogP contribution in [-0.4, -0.2) is 62.3 Å². The van der Waals surface area contributed by atoms with Gasteiger partial charge < -0.3 is 19.9 Å². The Kier molecular flexibility index (Phi) is 5.22. The molecule has 2 aliphatic rings. The molecule has 19 heavy (non-hydrogen) atoms. The zero-order valence-corrected chi connectivity index (χ0v) is 12.0. The van der Waals surface area contributed by atoms with Crippen molar-refractivity contribution in [1.29, 1.82) is 0 Å². The first-order valence-corrected chi connectivity index (χ1v) is 7.14. The van der Waals surface area contributed by atoms with Gasteiger partial charge in [-0.2, -0.15) is 0 Å². The minimum absolute atomic E-state index is 0.00791. The number of nitrogens with one attached hydrogen (secondary N) is 1. The molecule has 2 amide bonds. The molecule has 0 aliphatic carbocycles. The molecule has 5 nitrogen and oxygen atoms in total. The summed E-state index contributed by atoms with van der Waals surface area (Å²) >= 11 is 0. The van der Waals surface area contributed by atoms with E-state index in [9.17, 15) is 4.79 Å². The highest BCUT2D eigenvalue weighted by Crippen LogP contribution is 2.15. The van der Waals surface area contributed by atoms with Crippen LogP contribution in [0.5, 0.6) is 0 Å². The fraction of sp³-hybridized carbons (Fsp3) is 0.786. The van der Waals surface area contributed by atoms with E-state index in [0.29, 0.717) is 6.04 Å². The predicted octanol–water partition coefficient (Wildman–Crippen LogP) is 1.42. The lowest BCUT2D eigenvalue weighted by atomic mass is 10.0. The number of ether oxygens (including phenoxy) is 1. The number of likely N-dealkylation sites (tertiary alicyclic amines) is 1. The number of hydrogen-bond acceptors (Lipinski definition) is 3. The summed E-state index contributed by atoms with van der Waals surface area (Å²) < 4.78 is 5.29. The molecule has 5 heteroatoms. The molecule has 108 valence electrons. The van der Waals surface area contributed by atoms with Crippen LogP contribution in [-0.2, 0) is 4.74 Å². The van der Waals surface area contributed by atoms with Crippen molar-refractivity contribution in [3.63, 3.8) is 0 Å². The molecule has 0 unspecified atom stereocenters. The van der Waals surface area contributed by atoms with E-state index in [0.717, 1.165) is 52.0 Å². The van der Waals surface area contributed by atoms with Gasteiger partial charge in [0, 0.05) is 19.3 Å². The molecule has 2 heterocycles. The summed E-state index contributed by atoms with van der Waals surface area (Å²) in [6.45, 7) is 3.68. The van der Waals surface area contributed by atoms with E-state index in [-0.39, 0.29) is 6.03 Å². The predicted molar refractivity (Wildman–Crippen MR) is 74.9 cm³/mol. The van der Waals surface area contributed by atoms with E-state index in [4.69, 9.17) is 4.74 Å². The molecule has 2 rings (SSSR count). The summed E-state index contributed by atoms with van der Waals surface area (Å²) in [6.07, 6.45) is 5.85. The molecule has 0 saturated carbocycles. The van der Waals surface area contributed by atoms with Gasteiger partial charge in [0.2, 0.25) is 0 Å². The summed E-state index contributed by atoms with van der Waals surface area (Å²) in [6, 6.07) is 0.373. The van der Waals surface area contributed by atoms with Crippen molar-refractivity contribution in [3.05, 3.63) is 11.8 Å². The molecule has 2 fully saturated rings. The lowest BCUT2D eigenvalue weighted by molar-refractivity contribution is 0.118. The summed E-state index contributed by atoms with van der Waals surface area (Å²) in [5, 5.41) is 2.92. The number of hydrogen-bond donors (Lipinski definition) is 1. The lowest BCUT2D eigenvalue weighted by Gasteiger charge is -2.34. The highest BCUT2D eigenvalue weighted by Gasteiger charge is 2.23. The van der Waals surface area contributed by atoms with Crippen molar-refractivity contribution >= 4 is 6.03 Å². The van der Waals surface area contributed by atoms with Gasteiger partial charge in [-0.1, -0.05) is 0 Å². The molecule has 2 aliphatic heterocycles. The number of nitrogens with zero attached hydrogens (tertiary/aromatic N) is 2.